The van der Waals surface area contributed by atoms with E-state index in [4.69, 9.17) is 5.26 Å². The molecule has 1 aromatic carbocycles. The summed E-state index contributed by atoms with van der Waals surface area (Å²) in [6.45, 7) is 4.27. The normalized spacial score (nSPS) is 19.9. The minimum Gasteiger partial charge on any atom is -0.353 e. The molecule has 3 heterocycles. The molecule has 0 bridgehead atoms. The largest absolute Gasteiger partial charge is 0.353 e. The Morgan fingerprint density at radius 2 is 1.87 bits per heavy atom. The van der Waals surface area contributed by atoms with Crippen LogP contribution in [0.15, 0.2) is 35.5 Å². The van der Waals surface area contributed by atoms with E-state index in [9.17, 15) is 8.42 Å². The van der Waals surface area contributed by atoms with Gasteiger partial charge < -0.3 is 4.90 Å². The minimum atomic E-state index is -3.58. The predicted octanol–water partition coefficient (Wildman–Crippen LogP) is 3.20. The van der Waals surface area contributed by atoms with Crippen LogP contribution in [0.3, 0.4) is 0 Å². The molecule has 0 amide bonds. The van der Waals surface area contributed by atoms with Crippen molar-refractivity contribution >= 4 is 37.4 Å². The van der Waals surface area contributed by atoms with Gasteiger partial charge in [-0.2, -0.15) is 9.57 Å². The maximum atomic E-state index is 13.0. The van der Waals surface area contributed by atoms with Gasteiger partial charge in [-0.1, -0.05) is 6.92 Å². The summed E-state index contributed by atoms with van der Waals surface area (Å²) in [5, 5.41) is 10.1. The predicted molar refractivity (Wildman–Crippen MR) is 121 cm³/mol. The van der Waals surface area contributed by atoms with Crippen molar-refractivity contribution in [2.24, 2.45) is 5.92 Å². The van der Waals surface area contributed by atoms with Gasteiger partial charge in [-0.05, 0) is 55.0 Å². The Kier molecular flexibility index (Phi) is 5.16. The van der Waals surface area contributed by atoms with E-state index in [1.807, 2.05) is 6.07 Å². The van der Waals surface area contributed by atoms with E-state index >= 15 is 0 Å². The number of aryl methyl sites for hydroxylation is 1. The van der Waals surface area contributed by atoms with Crippen LogP contribution in [0.2, 0.25) is 0 Å². The molecule has 1 aliphatic carbocycles. The lowest BCUT2D eigenvalue weighted by Gasteiger charge is -2.35. The van der Waals surface area contributed by atoms with Crippen molar-refractivity contribution in [3.8, 4) is 6.07 Å². The molecule has 5 rings (SSSR count). The lowest BCUT2D eigenvalue weighted by atomic mass is 9.89. The van der Waals surface area contributed by atoms with Crippen LogP contribution in [0.1, 0.15) is 29.3 Å². The van der Waals surface area contributed by atoms with Crippen LogP contribution < -0.4 is 4.90 Å². The average molecular weight is 454 g/mol. The van der Waals surface area contributed by atoms with Crippen molar-refractivity contribution in [1.29, 1.82) is 5.26 Å². The van der Waals surface area contributed by atoms with Crippen molar-refractivity contribution in [2.45, 2.75) is 31.1 Å². The quantitative estimate of drug-likeness (QED) is 0.605. The minimum absolute atomic E-state index is 0.227. The molecule has 160 valence electrons. The number of nitriles is 1. The fourth-order valence-electron chi connectivity index (χ4n) is 4.49. The number of hydrogen-bond acceptors (Lipinski definition) is 7. The highest BCUT2D eigenvalue weighted by Crippen LogP contribution is 2.40. The smallest absolute Gasteiger partial charge is 0.243 e. The third-order valence-electron chi connectivity index (χ3n) is 6.23. The van der Waals surface area contributed by atoms with Gasteiger partial charge in [0.05, 0.1) is 21.9 Å². The first kappa shape index (κ1) is 20.4. The molecule has 31 heavy (non-hydrogen) atoms. The molecule has 1 fully saturated rings. The average Bonchev–Trinajstić information content (AvgIpc) is 3.16. The summed E-state index contributed by atoms with van der Waals surface area (Å²) in [7, 11) is -3.58. The second-order valence-electron chi connectivity index (χ2n) is 8.26. The summed E-state index contributed by atoms with van der Waals surface area (Å²) in [6.07, 6.45) is 4.98. The van der Waals surface area contributed by atoms with Crippen LogP contribution in [0.5, 0.6) is 0 Å². The van der Waals surface area contributed by atoms with Crippen molar-refractivity contribution in [2.75, 3.05) is 31.1 Å². The Morgan fingerprint density at radius 1 is 1.13 bits per heavy atom. The SMILES string of the molecule is CC1CCc2c(sc3ncnc(N4CCN(S(=O)(=O)c5ccc(C#N)cc5)CC4)c23)C1. The van der Waals surface area contributed by atoms with E-state index < -0.39 is 10.0 Å². The molecular weight excluding hydrogens is 430 g/mol. The van der Waals surface area contributed by atoms with Crippen LogP contribution in [0, 0.1) is 17.2 Å². The van der Waals surface area contributed by atoms with E-state index in [1.165, 1.54) is 33.3 Å². The fourth-order valence-corrected chi connectivity index (χ4v) is 7.26. The highest BCUT2D eigenvalue weighted by atomic mass is 32.2. The van der Waals surface area contributed by atoms with Gasteiger partial charge in [0.15, 0.2) is 0 Å². The lowest BCUT2D eigenvalue weighted by Crippen LogP contribution is -2.49. The van der Waals surface area contributed by atoms with Gasteiger partial charge >= 0.3 is 0 Å². The Balaban J connectivity index is 1.38. The summed E-state index contributed by atoms with van der Waals surface area (Å²) >= 11 is 1.78. The molecule has 9 heteroatoms. The zero-order valence-electron chi connectivity index (χ0n) is 17.3. The molecule has 3 aromatic rings. The van der Waals surface area contributed by atoms with E-state index in [0.717, 1.165) is 28.9 Å². The van der Waals surface area contributed by atoms with Crippen molar-refractivity contribution in [1.82, 2.24) is 14.3 Å². The van der Waals surface area contributed by atoms with Gasteiger partial charge in [-0.3, -0.25) is 0 Å². The summed E-state index contributed by atoms with van der Waals surface area (Å²) in [4.78, 5) is 14.0. The monoisotopic (exact) mass is 453 g/mol. The summed E-state index contributed by atoms with van der Waals surface area (Å²) in [5.74, 6) is 1.64. The Labute approximate surface area is 186 Å². The number of anilines is 1. The molecule has 1 unspecified atom stereocenters. The standard InChI is InChI=1S/C22H23N5O2S2/c1-15-2-7-18-19(12-15)30-22-20(18)21(24-14-25-22)26-8-10-27(11-9-26)31(28,29)17-5-3-16(13-23)4-6-17/h3-6,14-15H,2,7-12H2,1H3. The molecule has 1 atom stereocenters. The maximum Gasteiger partial charge on any atom is 0.243 e. The summed E-state index contributed by atoms with van der Waals surface area (Å²) in [6, 6.07) is 8.12. The molecule has 0 saturated carbocycles. The van der Waals surface area contributed by atoms with Crippen LogP contribution in [0.25, 0.3) is 10.2 Å². The number of nitrogens with zero attached hydrogens (tertiary/aromatic N) is 5. The second-order valence-corrected chi connectivity index (χ2v) is 11.3. The molecule has 0 radical (unpaired) electrons. The lowest BCUT2D eigenvalue weighted by molar-refractivity contribution is 0.384. The molecule has 2 aromatic heterocycles. The number of sulfonamides is 1. The molecule has 1 saturated heterocycles. The number of benzene rings is 1. The molecule has 7 nitrogen and oxygen atoms in total. The number of thiophene rings is 1. The number of rotatable bonds is 3. The van der Waals surface area contributed by atoms with Gasteiger partial charge in [0.25, 0.3) is 0 Å². The fraction of sp³-hybridized carbons (Fsp3) is 0.409. The number of aromatic nitrogens is 2. The molecule has 0 N–H and O–H groups in total. The third kappa shape index (κ3) is 3.59. The van der Waals surface area contributed by atoms with Gasteiger partial charge in [0.1, 0.15) is 17.0 Å². The van der Waals surface area contributed by atoms with Crippen LogP contribution in [-0.4, -0.2) is 48.9 Å². The van der Waals surface area contributed by atoms with E-state index in [-0.39, 0.29) is 4.90 Å². The first-order chi connectivity index (χ1) is 15.0. The van der Waals surface area contributed by atoms with E-state index in [0.29, 0.717) is 37.7 Å². The third-order valence-corrected chi connectivity index (χ3v) is 9.31. The summed E-state index contributed by atoms with van der Waals surface area (Å²) in [5.41, 5.74) is 1.84. The van der Waals surface area contributed by atoms with Crippen molar-refractivity contribution in [3.05, 3.63) is 46.6 Å². The van der Waals surface area contributed by atoms with Gasteiger partial charge in [-0.15, -0.1) is 11.3 Å². The van der Waals surface area contributed by atoms with Crippen LogP contribution >= 0.6 is 11.3 Å². The number of hydrogen-bond donors (Lipinski definition) is 0. The van der Waals surface area contributed by atoms with Gasteiger partial charge in [-0.25, -0.2) is 18.4 Å². The first-order valence-electron chi connectivity index (χ1n) is 10.5. The molecule has 1 aliphatic heterocycles. The van der Waals surface area contributed by atoms with Gasteiger partial charge in [0.2, 0.25) is 10.0 Å². The Morgan fingerprint density at radius 3 is 2.58 bits per heavy atom. The summed E-state index contributed by atoms with van der Waals surface area (Å²) < 4.78 is 27.6. The van der Waals surface area contributed by atoms with Crippen LogP contribution in [-0.2, 0) is 22.9 Å². The zero-order chi connectivity index (χ0) is 21.6. The van der Waals surface area contributed by atoms with E-state index in [1.54, 1.807) is 29.8 Å². The molecule has 2 aliphatic rings. The van der Waals surface area contributed by atoms with Crippen molar-refractivity contribution in [3.63, 3.8) is 0 Å². The van der Waals surface area contributed by atoms with Gasteiger partial charge in [0, 0.05) is 31.1 Å². The second kappa shape index (κ2) is 7.86. The highest BCUT2D eigenvalue weighted by Gasteiger charge is 2.31. The number of fused-ring (bicyclic) bond motifs is 3. The zero-order valence-corrected chi connectivity index (χ0v) is 18.9. The Bertz CT molecular complexity index is 1270. The topological polar surface area (TPSA) is 90.2 Å². The Hall–Kier alpha value is -2.54. The maximum absolute atomic E-state index is 13.0. The highest BCUT2D eigenvalue weighted by molar-refractivity contribution is 7.89. The molecular formula is C22H23N5O2S2. The number of piperazine rings is 1. The van der Waals surface area contributed by atoms with Crippen LogP contribution in [0.4, 0.5) is 5.82 Å². The first-order valence-corrected chi connectivity index (χ1v) is 12.7. The molecule has 0 spiro atoms. The van der Waals surface area contributed by atoms with Crippen molar-refractivity contribution < 1.29 is 8.42 Å². The van der Waals surface area contributed by atoms with E-state index in [2.05, 4.69) is 21.8 Å².